The van der Waals surface area contributed by atoms with Crippen LogP contribution in [0.1, 0.15) is 16.6 Å². The van der Waals surface area contributed by atoms with Gasteiger partial charge in [-0.05, 0) is 11.8 Å². The Morgan fingerprint density at radius 3 is 2.89 bits per heavy atom. The summed E-state index contributed by atoms with van der Waals surface area (Å²) in [6, 6.07) is 2.72. The fourth-order valence-corrected chi connectivity index (χ4v) is 3.51. The molecule has 2 rings (SSSR count). The van der Waals surface area contributed by atoms with Crippen LogP contribution in [0.15, 0.2) is 16.5 Å². The second-order valence-electron chi connectivity index (χ2n) is 3.16. The van der Waals surface area contributed by atoms with Gasteiger partial charge in [-0.3, -0.25) is 20.2 Å². The van der Waals surface area contributed by atoms with Crippen molar-refractivity contribution >= 4 is 50.5 Å². The molecule has 0 aliphatic heterocycles. The number of nitrogens with zero attached hydrogens (tertiary/aromatic N) is 3. The third-order valence-electron chi connectivity index (χ3n) is 1.89. The van der Waals surface area contributed by atoms with Gasteiger partial charge in [-0.25, -0.2) is 0 Å². The number of thiophene rings is 1. The molecule has 0 atom stereocenters. The van der Waals surface area contributed by atoms with Crippen molar-refractivity contribution in [1.82, 2.24) is 10.2 Å². The van der Waals surface area contributed by atoms with Crippen LogP contribution in [0.3, 0.4) is 0 Å². The van der Waals surface area contributed by atoms with Gasteiger partial charge in [0, 0.05) is 6.07 Å². The summed E-state index contributed by atoms with van der Waals surface area (Å²) >= 11 is 3.63. The summed E-state index contributed by atoms with van der Waals surface area (Å²) in [5, 5.41) is 21.1. The van der Waals surface area contributed by atoms with Crippen LogP contribution >= 0.6 is 34.4 Å². The number of aromatic nitrogens is 2. The van der Waals surface area contributed by atoms with Crippen LogP contribution in [0, 0.1) is 10.1 Å². The lowest BCUT2D eigenvalue weighted by atomic mass is 10.4. The number of anilines is 1. The summed E-state index contributed by atoms with van der Waals surface area (Å²) in [6.45, 7) is 2.00. The fourth-order valence-electron chi connectivity index (χ4n) is 1.15. The lowest BCUT2D eigenvalue weighted by Gasteiger charge is -1.95. The maximum Gasteiger partial charge on any atom is 0.324 e. The first-order chi connectivity index (χ1) is 9.10. The Balaban J connectivity index is 2.04. The van der Waals surface area contributed by atoms with E-state index >= 15 is 0 Å². The standard InChI is InChI=1S/C9H8N4O3S3/c1-2-17-9-12-11-8(19-9)10-7(14)5-3-4-6(18-5)13(15)16/h3-4H,2H2,1H3,(H,10,11,14). The van der Waals surface area contributed by atoms with Gasteiger partial charge in [0.1, 0.15) is 0 Å². The normalized spacial score (nSPS) is 10.4. The summed E-state index contributed by atoms with van der Waals surface area (Å²) in [5.41, 5.74) is 0. The molecule has 0 aromatic carbocycles. The van der Waals surface area contributed by atoms with Crippen LogP contribution in [0.4, 0.5) is 10.1 Å². The Hall–Kier alpha value is -1.52. The summed E-state index contributed by atoms with van der Waals surface area (Å²) in [6.07, 6.45) is 0. The molecule has 0 spiro atoms. The molecule has 2 aromatic rings. The first-order valence-corrected chi connectivity index (χ1v) is 7.74. The number of hydrogen-bond acceptors (Lipinski definition) is 8. The van der Waals surface area contributed by atoms with Crippen molar-refractivity contribution in [2.24, 2.45) is 0 Å². The van der Waals surface area contributed by atoms with Gasteiger partial charge in [-0.15, -0.1) is 10.2 Å². The molecule has 0 saturated carbocycles. The van der Waals surface area contributed by atoms with Gasteiger partial charge in [0.05, 0.1) is 9.80 Å². The fraction of sp³-hybridized carbons (Fsp3) is 0.222. The molecule has 0 aliphatic rings. The molecule has 0 fully saturated rings. The van der Waals surface area contributed by atoms with Gasteiger partial charge in [0.2, 0.25) is 5.13 Å². The average Bonchev–Trinajstić information content (AvgIpc) is 2.98. The van der Waals surface area contributed by atoms with E-state index < -0.39 is 10.8 Å². The number of carbonyl (C=O) groups is 1. The molecule has 0 aliphatic carbocycles. The summed E-state index contributed by atoms with van der Waals surface area (Å²) in [7, 11) is 0. The van der Waals surface area contributed by atoms with Crippen LogP contribution in [0.5, 0.6) is 0 Å². The van der Waals surface area contributed by atoms with Gasteiger partial charge < -0.3 is 0 Å². The van der Waals surface area contributed by atoms with Crippen molar-refractivity contribution in [1.29, 1.82) is 0 Å². The molecule has 2 aromatic heterocycles. The predicted octanol–water partition coefficient (Wildman–Crippen LogP) is 2.87. The lowest BCUT2D eigenvalue weighted by molar-refractivity contribution is -0.380. The topological polar surface area (TPSA) is 98.0 Å². The van der Waals surface area contributed by atoms with Crippen molar-refractivity contribution in [2.75, 3.05) is 11.1 Å². The zero-order valence-electron chi connectivity index (χ0n) is 9.65. The molecule has 2 heterocycles. The minimum Gasteiger partial charge on any atom is -0.296 e. The molecule has 0 saturated heterocycles. The predicted molar refractivity (Wildman–Crippen MR) is 75.2 cm³/mol. The molecule has 19 heavy (non-hydrogen) atoms. The van der Waals surface area contributed by atoms with E-state index in [0.29, 0.717) is 5.13 Å². The first-order valence-electron chi connectivity index (χ1n) is 5.12. The summed E-state index contributed by atoms with van der Waals surface area (Å²) in [5.74, 6) is 0.460. The molecule has 100 valence electrons. The van der Waals surface area contributed by atoms with Crippen molar-refractivity contribution in [3.8, 4) is 0 Å². The second kappa shape index (κ2) is 6.08. The van der Waals surface area contributed by atoms with E-state index in [1.165, 1.54) is 35.2 Å². The average molecular weight is 316 g/mol. The highest BCUT2D eigenvalue weighted by Gasteiger charge is 2.16. The Kier molecular flexibility index (Phi) is 4.45. The van der Waals surface area contributed by atoms with Gasteiger partial charge in [-0.2, -0.15) is 0 Å². The number of hydrogen-bond donors (Lipinski definition) is 1. The molecule has 0 bridgehead atoms. The Morgan fingerprint density at radius 1 is 1.47 bits per heavy atom. The van der Waals surface area contributed by atoms with Crippen molar-refractivity contribution < 1.29 is 9.72 Å². The van der Waals surface area contributed by atoms with Gasteiger partial charge in [-0.1, -0.05) is 41.4 Å². The molecular weight excluding hydrogens is 308 g/mol. The number of nitrogens with one attached hydrogen (secondary N) is 1. The third-order valence-corrected chi connectivity index (χ3v) is 4.78. The number of nitro groups is 1. The monoisotopic (exact) mass is 316 g/mol. The summed E-state index contributed by atoms with van der Waals surface area (Å²) < 4.78 is 0.773. The van der Waals surface area contributed by atoms with E-state index in [4.69, 9.17) is 0 Å². The molecular formula is C9H8N4O3S3. The Morgan fingerprint density at radius 2 is 2.26 bits per heavy atom. The number of thioether (sulfide) groups is 1. The SMILES string of the molecule is CCSc1nnc(NC(=O)c2ccc([N+](=O)[O-])s2)s1. The number of amides is 1. The van der Waals surface area contributed by atoms with Crippen LogP contribution in [-0.2, 0) is 0 Å². The van der Waals surface area contributed by atoms with Gasteiger partial charge in [0.15, 0.2) is 4.34 Å². The maximum atomic E-state index is 11.8. The van der Waals surface area contributed by atoms with Crippen LogP contribution < -0.4 is 5.32 Å². The smallest absolute Gasteiger partial charge is 0.296 e. The molecule has 1 N–H and O–H groups in total. The van der Waals surface area contributed by atoms with E-state index in [1.54, 1.807) is 0 Å². The van der Waals surface area contributed by atoms with Crippen molar-refractivity contribution in [3.63, 3.8) is 0 Å². The molecule has 0 unspecified atom stereocenters. The summed E-state index contributed by atoms with van der Waals surface area (Å²) in [4.78, 5) is 22.1. The van der Waals surface area contributed by atoms with Crippen LogP contribution in [0.2, 0.25) is 0 Å². The quantitative estimate of drug-likeness (QED) is 0.394. The highest BCUT2D eigenvalue weighted by atomic mass is 32.2. The zero-order chi connectivity index (χ0) is 13.8. The van der Waals surface area contributed by atoms with E-state index in [9.17, 15) is 14.9 Å². The molecule has 7 nitrogen and oxygen atoms in total. The van der Waals surface area contributed by atoms with Crippen molar-refractivity contribution in [2.45, 2.75) is 11.3 Å². The Bertz CT molecular complexity index is 609. The maximum absolute atomic E-state index is 11.8. The minimum absolute atomic E-state index is 0.0651. The van der Waals surface area contributed by atoms with E-state index in [2.05, 4.69) is 15.5 Å². The van der Waals surface area contributed by atoms with Crippen molar-refractivity contribution in [3.05, 3.63) is 27.1 Å². The highest BCUT2D eigenvalue weighted by Crippen LogP contribution is 2.27. The molecule has 0 radical (unpaired) electrons. The number of carbonyl (C=O) groups excluding carboxylic acids is 1. The largest absolute Gasteiger partial charge is 0.324 e. The van der Waals surface area contributed by atoms with E-state index in [-0.39, 0.29) is 9.88 Å². The number of rotatable bonds is 5. The molecule has 1 amide bonds. The van der Waals surface area contributed by atoms with Gasteiger partial charge in [0.25, 0.3) is 5.91 Å². The Labute approximate surface area is 120 Å². The minimum atomic E-state index is -0.525. The zero-order valence-corrected chi connectivity index (χ0v) is 12.1. The lowest BCUT2D eigenvalue weighted by Crippen LogP contribution is -2.09. The van der Waals surface area contributed by atoms with E-state index in [0.717, 1.165) is 21.4 Å². The van der Waals surface area contributed by atoms with Crippen LogP contribution in [-0.4, -0.2) is 26.8 Å². The van der Waals surface area contributed by atoms with Gasteiger partial charge >= 0.3 is 5.00 Å². The molecule has 10 heteroatoms. The first kappa shape index (κ1) is 13.9. The second-order valence-corrected chi connectivity index (χ2v) is 6.71. The van der Waals surface area contributed by atoms with Crippen LogP contribution in [0.25, 0.3) is 0 Å². The van der Waals surface area contributed by atoms with E-state index in [1.807, 2.05) is 6.92 Å². The third kappa shape index (κ3) is 3.49. The highest BCUT2D eigenvalue weighted by molar-refractivity contribution is 8.01.